The number of nitrogens with zero attached hydrogens (tertiary/aromatic N) is 5. The molecule has 0 spiro atoms. The summed E-state index contributed by atoms with van der Waals surface area (Å²) in [4.78, 5) is 38.9. The molecule has 0 radical (unpaired) electrons. The Morgan fingerprint density at radius 1 is 1.30 bits per heavy atom. The number of benzene rings is 1. The van der Waals surface area contributed by atoms with E-state index < -0.39 is 29.5 Å². The van der Waals surface area contributed by atoms with E-state index in [0.717, 1.165) is 15.1 Å². The van der Waals surface area contributed by atoms with E-state index in [1.165, 1.54) is 16.9 Å². The van der Waals surface area contributed by atoms with Gasteiger partial charge in [-0.25, -0.2) is 20.4 Å². The van der Waals surface area contributed by atoms with Gasteiger partial charge in [-0.05, 0) is 32.6 Å². The molecule has 1 aromatic carbocycles. The van der Waals surface area contributed by atoms with Crippen molar-refractivity contribution in [1.29, 1.82) is 0 Å². The van der Waals surface area contributed by atoms with Crippen molar-refractivity contribution in [3.63, 3.8) is 0 Å². The number of rotatable bonds is 5. The Morgan fingerprint density at radius 3 is 2.57 bits per heavy atom. The van der Waals surface area contributed by atoms with Gasteiger partial charge in [-0.2, -0.15) is 15.6 Å². The van der Waals surface area contributed by atoms with E-state index in [2.05, 4.69) is 21.3 Å². The first-order chi connectivity index (χ1) is 14.3. The van der Waals surface area contributed by atoms with Crippen LogP contribution < -0.4 is 22.0 Å². The number of nitrogens with one attached hydrogen (secondary N) is 3. The van der Waals surface area contributed by atoms with Crippen molar-refractivity contribution < 1.29 is 14.4 Å². The highest BCUT2D eigenvalue weighted by molar-refractivity contribution is 7.99. The topological polar surface area (TPSA) is 139 Å². The van der Waals surface area contributed by atoms with Crippen molar-refractivity contribution in [2.45, 2.75) is 38.4 Å². The lowest BCUT2D eigenvalue weighted by atomic mass is 10.1. The third kappa shape index (κ3) is 3.99. The molecule has 0 aromatic heterocycles. The molecule has 1 saturated heterocycles. The molecule has 1 aromatic rings. The molecule has 2 heterocycles. The molecule has 2 aliphatic rings. The Bertz CT molecular complexity index is 850. The fraction of sp³-hybridized carbons (Fsp3) is 0.412. The summed E-state index contributed by atoms with van der Waals surface area (Å²) in [5.74, 6) is 5.57. The number of amides is 5. The number of hydrazine groups is 4. The molecule has 3 rings (SSSR count). The number of hydrogen-bond donors (Lipinski definition) is 4. The average molecular weight is 436 g/mol. The summed E-state index contributed by atoms with van der Waals surface area (Å²) in [6.07, 6.45) is 1.77. The highest BCUT2D eigenvalue weighted by Crippen LogP contribution is 2.31. The third-order valence-corrected chi connectivity index (χ3v) is 5.13. The van der Waals surface area contributed by atoms with E-state index in [1.54, 1.807) is 57.4 Å². The Hall–Kier alpha value is -3.03. The van der Waals surface area contributed by atoms with Gasteiger partial charge in [0.1, 0.15) is 5.84 Å². The molecular formula is C17H25N9O3S. The Balaban J connectivity index is 2.14. The number of hydrazone groups is 1. The molecule has 162 valence electrons. The second-order valence-electron chi connectivity index (χ2n) is 6.89. The first-order valence-corrected chi connectivity index (χ1v) is 10.5. The van der Waals surface area contributed by atoms with Crippen LogP contribution in [0, 0.1) is 0 Å². The summed E-state index contributed by atoms with van der Waals surface area (Å²) in [6.45, 7) is 5.12. The van der Waals surface area contributed by atoms with Gasteiger partial charge in [0.15, 0.2) is 11.5 Å². The van der Waals surface area contributed by atoms with Crippen LogP contribution in [0.1, 0.15) is 32.4 Å². The first-order valence-electron chi connectivity index (χ1n) is 9.22. The number of carbonyl (C=O) groups is 3. The van der Waals surface area contributed by atoms with Gasteiger partial charge >= 0.3 is 12.1 Å². The van der Waals surface area contributed by atoms with Gasteiger partial charge in [0.2, 0.25) is 0 Å². The van der Waals surface area contributed by atoms with Crippen LogP contribution in [0.15, 0.2) is 35.4 Å². The van der Waals surface area contributed by atoms with Crippen LogP contribution in [0.4, 0.5) is 9.59 Å². The number of nitrogens with two attached hydrogens (primary N) is 1. The van der Waals surface area contributed by atoms with E-state index in [-0.39, 0.29) is 11.9 Å². The van der Waals surface area contributed by atoms with E-state index in [1.807, 2.05) is 0 Å². The lowest BCUT2D eigenvalue weighted by molar-refractivity contribution is -0.167. The number of amidine groups is 1. The Morgan fingerprint density at radius 2 is 1.97 bits per heavy atom. The average Bonchev–Trinajstić information content (AvgIpc) is 3.07. The van der Waals surface area contributed by atoms with Crippen molar-refractivity contribution in [2.75, 3.05) is 6.26 Å². The highest BCUT2D eigenvalue weighted by atomic mass is 32.2. The van der Waals surface area contributed by atoms with Gasteiger partial charge in [-0.3, -0.25) is 10.2 Å². The number of thioether (sulfide) groups is 1. The van der Waals surface area contributed by atoms with Crippen LogP contribution in [-0.2, 0) is 4.79 Å². The molecule has 1 fully saturated rings. The predicted molar refractivity (Wildman–Crippen MR) is 111 cm³/mol. The quantitative estimate of drug-likeness (QED) is 0.390. The van der Waals surface area contributed by atoms with Crippen molar-refractivity contribution >= 4 is 35.6 Å². The maximum Gasteiger partial charge on any atom is 0.357 e. The summed E-state index contributed by atoms with van der Waals surface area (Å²) in [6, 6.07) is 6.31. The number of urea groups is 2. The van der Waals surface area contributed by atoms with Gasteiger partial charge in [-0.1, -0.05) is 30.3 Å². The van der Waals surface area contributed by atoms with Crippen LogP contribution in [0.3, 0.4) is 0 Å². The van der Waals surface area contributed by atoms with Gasteiger partial charge in [0, 0.05) is 6.04 Å². The maximum absolute atomic E-state index is 13.2. The molecule has 0 aliphatic carbocycles. The van der Waals surface area contributed by atoms with Gasteiger partial charge in [0.05, 0.1) is 0 Å². The SMILES string of the molecule is CSC1NNC(=O)N1N(C(=O)NC(C)C)N1N=C(C)N(N)C(=O)C1c1ccccc1. The maximum atomic E-state index is 13.2. The van der Waals surface area contributed by atoms with E-state index >= 15 is 0 Å². The molecule has 2 atom stereocenters. The predicted octanol–water partition coefficient (Wildman–Crippen LogP) is 0.505. The van der Waals surface area contributed by atoms with Crippen molar-refractivity contribution in [1.82, 2.24) is 36.4 Å². The summed E-state index contributed by atoms with van der Waals surface area (Å²) < 4.78 is 0. The van der Waals surface area contributed by atoms with E-state index in [0.29, 0.717) is 5.56 Å². The summed E-state index contributed by atoms with van der Waals surface area (Å²) in [7, 11) is 0. The van der Waals surface area contributed by atoms with Gasteiger partial charge in [-0.15, -0.1) is 22.0 Å². The molecule has 13 heteroatoms. The highest BCUT2D eigenvalue weighted by Gasteiger charge is 2.47. The minimum absolute atomic E-state index is 0.169. The van der Waals surface area contributed by atoms with Crippen LogP contribution in [0.25, 0.3) is 0 Å². The summed E-state index contributed by atoms with van der Waals surface area (Å²) in [5.41, 5.74) is 5.22. The molecule has 30 heavy (non-hydrogen) atoms. The smallest absolute Gasteiger partial charge is 0.333 e. The molecule has 5 N–H and O–H groups in total. The van der Waals surface area contributed by atoms with Crippen LogP contribution >= 0.6 is 11.8 Å². The Labute approximate surface area is 178 Å². The van der Waals surface area contributed by atoms with Crippen LogP contribution in [-0.4, -0.2) is 61.9 Å². The lowest BCUT2D eigenvalue weighted by Crippen LogP contribution is -2.65. The third-order valence-electron chi connectivity index (χ3n) is 4.36. The van der Waals surface area contributed by atoms with E-state index in [9.17, 15) is 14.4 Å². The summed E-state index contributed by atoms with van der Waals surface area (Å²) in [5, 5.41) is 11.4. The fourth-order valence-electron chi connectivity index (χ4n) is 2.99. The second kappa shape index (κ2) is 8.77. The van der Waals surface area contributed by atoms with Gasteiger partial charge < -0.3 is 5.32 Å². The van der Waals surface area contributed by atoms with Crippen molar-refractivity contribution in [3.05, 3.63) is 35.9 Å². The molecule has 0 saturated carbocycles. The normalized spacial score (nSPS) is 21.7. The van der Waals surface area contributed by atoms with E-state index in [4.69, 9.17) is 5.84 Å². The monoisotopic (exact) mass is 435 g/mol. The minimum atomic E-state index is -1.06. The molecule has 0 bridgehead atoms. The van der Waals surface area contributed by atoms with Crippen LogP contribution in [0.5, 0.6) is 0 Å². The zero-order valence-corrected chi connectivity index (χ0v) is 17.9. The number of carbonyl (C=O) groups excluding carboxylic acids is 3. The van der Waals surface area contributed by atoms with Crippen molar-refractivity contribution in [3.8, 4) is 0 Å². The molecule has 2 unspecified atom stereocenters. The standard InChI is InChI=1S/C17H25N9O3S/c1-10(2)19-15(28)26(24-16(29)20-21-17(24)30-4)25-13(12-8-6-5-7-9-12)14(27)23(18)11(3)22-25/h5-10,13,17,21H,18H2,1-4H3,(H,19,28)(H,20,29). The molecule has 12 nitrogen and oxygen atoms in total. The zero-order chi connectivity index (χ0) is 22.0. The fourth-order valence-corrected chi connectivity index (χ4v) is 3.56. The molecular weight excluding hydrogens is 410 g/mol. The molecule has 5 amide bonds. The number of hydrogen-bond acceptors (Lipinski definition) is 8. The lowest BCUT2D eigenvalue weighted by Gasteiger charge is -2.44. The zero-order valence-electron chi connectivity index (χ0n) is 17.1. The molecule has 2 aliphatic heterocycles. The summed E-state index contributed by atoms with van der Waals surface area (Å²) >= 11 is 1.29. The van der Waals surface area contributed by atoms with Crippen LogP contribution in [0.2, 0.25) is 0 Å². The first kappa shape index (κ1) is 21.7. The van der Waals surface area contributed by atoms with Crippen molar-refractivity contribution in [2.24, 2.45) is 10.9 Å². The minimum Gasteiger partial charge on any atom is -0.333 e. The second-order valence-corrected chi connectivity index (χ2v) is 7.81. The largest absolute Gasteiger partial charge is 0.357 e. The van der Waals surface area contributed by atoms with Gasteiger partial charge in [0.25, 0.3) is 5.91 Å². The Kier molecular flexibility index (Phi) is 6.34.